The van der Waals surface area contributed by atoms with E-state index in [0.29, 0.717) is 46.1 Å². The Kier molecular flexibility index (Phi) is 9.15. The molecule has 0 unspecified atom stereocenters. The number of methoxy groups -OCH3 is 1. The molecule has 2 heterocycles. The molecular weight excluding hydrogens is 550 g/mol. The van der Waals surface area contributed by atoms with Crippen molar-refractivity contribution in [3.8, 4) is 11.6 Å². The predicted molar refractivity (Wildman–Crippen MR) is 169 cm³/mol. The normalized spacial score (nSPS) is 11.2. The maximum atomic E-state index is 13.6. The number of hydrogen-bond acceptors (Lipinski definition) is 9. The Bertz CT molecular complexity index is 1740. The van der Waals surface area contributed by atoms with Crippen molar-refractivity contribution in [1.82, 2.24) is 24.0 Å². The summed E-state index contributed by atoms with van der Waals surface area (Å²) in [6.07, 6.45) is 2.73. The Balaban J connectivity index is 1.79. The molecule has 0 fully saturated rings. The van der Waals surface area contributed by atoms with E-state index in [-0.39, 0.29) is 23.6 Å². The Morgan fingerprint density at radius 2 is 1.84 bits per heavy atom. The van der Waals surface area contributed by atoms with Crippen molar-refractivity contribution in [1.29, 1.82) is 0 Å². The molecule has 4 aromatic rings. The minimum absolute atomic E-state index is 0.191. The fourth-order valence-corrected chi connectivity index (χ4v) is 4.65. The molecule has 0 atom stereocenters. The molecule has 0 aliphatic rings. The van der Waals surface area contributed by atoms with E-state index in [1.54, 1.807) is 42.0 Å². The third-order valence-electron chi connectivity index (χ3n) is 6.85. The number of benzene rings is 2. The van der Waals surface area contributed by atoms with E-state index in [1.807, 2.05) is 46.0 Å². The molecule has 4 N–H and O–H groups in total. The van der Waals surface area contributed by atoms with E-state index in [0.717, 1.165) is 12.2 Å². The van der Waals surface area contributed by atoms with E-state index < -0.39 is 5.91 Å². The van der Waals surface area contributed by atoms with Gasteiger partial charge in [0.25, 0.3) is 0 Å². The molecule has 13 nitrogen and oxygen atoms in total. The van der Waals surface area contributed by atoms with Crippen LogP contribution in [-0.4, -0.2) is 77.2 Å². The summed E-state index contributed by atoms with van der Waals surface area (Å²) < 4.78 is 8.73. The molecule has 0 spiro atoms. The molecule has 43 heavy (non-hydrogen) atoms. The van der Waals surface area contributed by atoms with Crippen LogP contribution in [0.5, 0.6) is 5.75 Å². The van der Waals surface area contributed by atoms with Crippen LogP contribution < -0.4 is 31.7 Å². The number of likely N-dealkylation sites (N-methyl/N-ethyl adjacent to an activating group) is 2. The fraction of sp³-hybridized carbons (Fsp3) is 0.300. The second-order valence-corrected chi connectivity index (χ2v) is 10.5. The van der Waals surface area contributed by atoms with Crippen LogP contribution in [0.15, 0.2) is 60.0 Å². The van der Waals surface area contributed by atoms with Gasteiger partial charge in [0.05, 0.1) is 35.2 Å². The van der Waals surface area contributed by atoms with Gasteiger partial charge in [-0.1, -0.05) is 6.58 Å². The minimum atomic E-state index is -0.585. The van der Waals surface area contributed by atoms with E-state index in [2.05, 4.69) is 32.1 Å². The van der Waals surface area contributed by atoms with Gasteiger partial charge in [-0.2, -0.15) is 4.98 Å². The number of fused-ring (bicyclic) bond motifs is 1. The van der Waals surface area contributed by atoms with Crippen molar-refractivity contribution in [2.24, 2.45) is 5.73 Å². The number of rotatable bonds is 12. The topological polar surface area (TPSA) is 153 Å². The summed E-state index contributed by atoms with van der Waals surface area (Å²) >= 11 is 0. The summed E-state index contributed by atoms with van der Waals surface area (Å²) in [7, 11) is 7.45. The van der Waals surface area contributed by atoms with Gasteiger partial charge >= 0.3 is 5.69 Å². The van der Waals surface area contributed by atoms with Crippen LogP contribution >= 0.6 is 0 Å². The lowest BCUT2D eigenvalue weighted by Gasteiger charge is -2.26. The molecular formula is C30H37N9O4. The monoisotopic (exact) mass is 587 g/mol. The molecule has 13 heteroatoms. The van der Waals surface area contributed by atoms with Crippen LogP contribution in [0.2, 0.25) is 0 Å². The highest BCUT2D eigenvalue weighted by molar-refractivity contribution is 6.02. The van der Waals surface area contributed by atoms with Gasteiger partial charge in [-0.3, -0.25) is 14.2 Å². The molecule has 0 aliphatic carbocycles. The number of carbonyl (C=O) groups is 2. The Labute approximate surface area is 249 Å². The van der Waals surface area contributed by atoms with Crippen LogP contribution in [0.3, 0.4) is 0 Å². The van der Waals surface area contributed by atoms with Crippen LogP contribution in [-0.2, 0) is 4.79 Å². The number of ether oxygens (including phenoxy) is 1. The molecule has 4 rings (SSSR count). The van der Waals surface area contributed by atoms with Gasteiger partial charge in [-0.05, 0) is 58.3 Å². The van der Waals surface area contributed by atoms with Crippen LogP contribution in [0.25, 0.3) is 16.9 Å². The van der Waals surface area contributed by atoms with Crippen molar-refractivity contribution < 1.29 is 14.3 Å². The zero-order chi connectivity index (χ0) is 31.4. The molecule has 226 valence electrons. The number of aromatic nitrogens is 4. The first kappa shape index (κ1) is 30.8. The number of amides is 2. The largest absolute Gasteiger partial charge is 0.494 e. The van der Waals surface area contributed by atoms with Gasteiger partial charge in [-0.25, -0.2) is 14.3 Å². The van der Waals surface area contributed by atoms with Gasteiger partial charge < -0.3 is 30.9 Å². The van der Waals surface area contributed by atoms with E-state index in [9.17, 15) is 14.4 Å². The van der Waals surface area contributed by atoms with Gasteiger partial charge in [-0.15, -0.1) is 0 Å². The summed E-state index contributed by atoms with van der Waals surface area (Å²) in [5, 5.41) is 6.04. The molecule has 0 saturated heterocycles. The SMILES string of the molecule is C=CC(=O)Nc1cc(Nc2nccc(-n3c(=O)n(C(C)C)c4cc(C(N)=O)ccc43)n2)c(OC)cc1N(C)CCN(C)C. The molecule has 2 aromatic carbocycles. The number of anilines is 4. The van der Waals surface area contributed by atoms with Crippen LogP contribution in [0.1, 0.15) is 30.2 Å². The second kappa shape index (κ2) is 12.8. The van der Waals surface area contributed by atoms with Crippen molar-refractivity contribution in [2.75, 3.05) is 56.9 Å². The number of primary amides is 1. The number of nitrogens with zero attached hydrogens (tertiary/aromatic N) is 6. The van der Waals surface area contributed by atoms with E-state index in [1.165, 1.54) is 16.8 Å². The number of nitrogens with two attached hydrogens (primary N) is 1. The number of imidazole rings is 1. The van der Waals surface area contributed by atoms with Gasteiger partial charge in [0.2, 0.25) is 17.8 Å². The molecule has 0 aliphatic heterocycles. The zero-order valence-electron chi connectivity index (χ0n) is 25.2. The molecule has 2 amide bonds. The third-order valence-corrected chi connectivity index (χ3v) is 6.85. The van der Waals surface area contributed by atoms with E-state index in [4.69, 9.17) is 10.5 Å². The number of carbonyl (C=O) groups excluding carboxylic acids is 2. The van der Waals surface area contributed by atoms with Gasteiger partial charge in [0.15, 0.2) is 0 Å². The summed E-state index contributed by atoms with van der Waals surface area (Å²) in [6, 6.07) is 9.84. The van der Waals surface area contributed by atoms with Gasteiger partial charge in [0.1, 0.15) is 11.6 Å². The lowest BCUT2D eigenvalue weighted by molar-refractivity contribution is -0.111. The number of hydrogen-bond donors (Lipinski definition) is 3. The summed E-state index contributed by atoms with van der Waals surface area (Å²) in [5.74, 6) is 0.0508. The summed E-state index contributed by atoms with van der Waals surface area (Å²) in [6.45, 7) is 8.82. The highest BCUT2D eigenvalue weighted by Gasteiger charge is 2.20. The van der Waals surface area contributed by atoms with Crippen LogP contribution in [0, 0.1) is 0 Å². The Morgan fingerprint density at radius 1 is 1.09 bits per heavy atom. The molecule has 2 aromatic heterocycles. The van der Waals surface area contributed by atoms with Crippen LogP contribution in [0.4, 0.5) is 23.0 Å². The lowest BCUT2D eigenvalue weighted by Crippen LogP contribution is -2.29. The Morgan fingerprint density at radius 3 is 2.47 bits per heavy atom. The van der Waals surface area contributed by atoms with Gasteiger partial charge in [0, 0.05) is 50.1 Å². The predicted octanol–water partition coefficient (Wildman–Crippen LogP) is 3.14. The number of nitrogens with one attached hydrogen (secondary N) is 2. The highest BCUT2D eigenvalue weighted by atomic mass is 16.5. The first-order valence-electron chi connectivity index (χ1n) is 13.6. The maximum Gasteiger partial charge on any atom is 0.335 e. The minimum Gasteiger partial charge on any atom is -0.494 e. The highest BCUT2D eigenvalue weighted by Crippen LogP contribution is 2.38. The average molecular weight is 588 g/mol. The third kappa shape index (κ3) is 6.51. The molecule has 0 bridgehead atoms. The first-order chi connectivity index (χ1) is 20.4. The summed E-state index contributed by atoms with van der Waals surface area (Å²) in [4.78, 5) is 50.8. The van der Waals surface area contributed by atoms with E-state index >= 15 is 0 Å². The average Bonchev–Trinajstić information content (AvgIpc) is 3.27. The molecule has 0 saturated carbocycles. The van der Waals surface area contributed by atoms with Crippen molar-refractivity contribution in [3.05, 3.63) is 71.3 Å². The van der Waals surface area contributed by atoms with Crippen molar-refractivity contribution in [3.63, 3.8) is 0 Å². The second-order valence-electron chi connectivity index (χ2n) is 10.5. The smallest absolute Gasteiger partial charge is 0.335 e. The van der Waals surface area contributed by atoms with Crippen molar-refractivity contribution >= 4 is 45.9 Å². The van der Waals surface area contributed by atoms with Crippen molar-refractivity contribution in [2.45, 2.75) is 19.9 Å². The molecule has 0 radical (unpaired) electrons. The lowest BCUT2D eigenvalue weighted by atomic mass is 10.2. The zero-order valence-corrected chi connectivity index (χ0v) is 25.2. The quantitative estimate of drug-likeness (QED) is 0.212. The fourth-order valence-electron chi connectivity index (χ4n) is 4.65. The standard InChI is InChI=1S/C30H37N9O4/c1-8-27(40)33-20-16-21(25(43-7)17-23(20)37(6)14-13-36(4)5)34-29-32-12-11-26(35-29)39-22-10-9-19(28(31)41)15-24(22)38(18(2)3)30(39)42/h8-12,15-18H,1,13-14H2,2-7H3,(H2,31,41)(H,33,40)(H,32,34,35). The Hall–Kier alpha value is -5.17. The maximum absolute atomic E-state index is 13.6. The first-order valence-corrected chi connectivity index (χ1v) is 13.6. The summed E-state index contributed by atoms with van der Waals surface area (Å²) in [5.41, 5.74) is 8.36.